The lowest BCUT2D eigenvalue weighted by Crippen LogP contribution is -2.15. The van der Waals surface area contributed by atoms with E-state index in [1.807, 2.05) is 19.1 Å². The van der Waals surface area contributed by atoms with Crippen LogP contribution in [0.4, 0.5) is 0 Å². The maximum absolute atomic E-state index is 11.1. The Morgan fingerprint density at radius 1 is 1.29 bits per heavy atom. The van der Waals surface area contributed by atoms with Crippen LogP contribution in [0.5, 0.6) is 5.75 Å². The second kappa shape index (κ2) is 7.48. The summed E-state index contributed by atoms with van der Waals surface area (Å²) in [4.78, 5) is 11.1. The largest absolute Gasteiger partial charge is 0.494 e. The summed E-state index contributed by atoms with van der Waals surface area (Å²) in [5.74, 6) is 0.239. The molecule has 0 saturated carbocycles. The van der Waals surface area contributed by atoms with Gasteiger partial charge in [0.2, 0.25) is 0 Å². The number of ether oxygens (including phenoxy) is 1. The van der Waals surface area contributed by atoms with E-state index in [0.717, 1.165) is 29.7 Å². The summed E-state index contributed by atoms with van der Waals surface area (Å²) < 4.78 is 5.72. The van der Waals surface area contributed by atoms with E-state index in [-0.39, 0.29) is 17.8 Å². The van der Waals surface area contributed by atoms with Gasteiger partial charge in [-0.15, -0.1) is 0 Å². The van der Waals surface area contributed by atoms with Crippen LogP contribution in [0, 0.1) is 0 Å². The molecule has 21 heavy (non-hydrogen) atoms. The summed E-state index contributed by atoms with van der Waals surface area (Å²) in [6.07, 6.45) is 2.06. The minimum atomic E-state index is -0.736. The number of hydrogen-bond acceptors (Lipinski definition) is 2. The van der Waals surface area contributed by atoms with Crippen LogP contribution >= 0.6 is 0 Å². The molecular formula is C18H28O3. The first-order chi connectivity index (χ1) is 9.79. The molecule has 3 nitrogen and oxygen atoms in total. The van der Waals surface area contributed by atoms with Crippen molar-refractivity contribution in [3.05, 3.63) is 29.3 Å². The average Bonchev–Trinajstić information content (AvgIpc) is 2.37. The van der Waals surface area contributed by atoms with E-state index >= 15 is 0 Å². The van der Waals surface area contributed by atoms with Crippen LogP contribution in [0.2, 0.25) is 0 Å². The molecule has 0 aliphatic carbocycles. The highest BCUT2D eigenvalue weighted by Gasteiger charge is 2.22. The standard InChI is InChI=1S/C18H28O3/c1-6-8-13(12-17(19)20)14-9-10-16(21-7-2)15(11-14)18(3,4)5/h9-11,13H,6-8,12H2,1-5H3,(H,19,20). The van der Waals surface area contributed by atoms with Gasteiger partial charge in [0.05, 0.1) is 13.0 Å². The lowest BCUT2D eigenvalue weighted by atomic mass is 9.82. The summed E-state index contributed by atoms with van der Waals surface area (Å²) in [5, 5.41) is 9.12. The molecular weight excluding hydrogens is 264 g/mol. The third kappa shape index (κ3) is 5.07. The van der Waals surface area contributed by atoms with Gasteiger partial charge in [0, 0.05) is 0 Å². The Kier molecular flexibility index (Phi) is 6.25. The van der Waals surface area contributed by atoms with Crippen LogP contribution in [-0.4, -0.2) is 17.7 Å². The monoisotopic (exact) mass is 292 g/mol. The number of carboxylic acid groups (broad SMARTS) is 1. The quantitative estimate of drug-likeness (QED) is 0.789. The Morgan fingerprint density at radius 3 is 2.43 bits per heavy atom. The van der Waals surface area contributed by atoms with Crippen molar-refractivity contribution in [3.63, 3.8) is 0 Å². The van der Waals surface area contributed by atoms with Gasteiger partial charge < -0.3 is 9.84 Å². The predicted octanol–water partition coefficient (Wildman–Crippen LogP) is 4.74. The maximum atomic E-state index is 11.1. The summed E-state index contributed by atoms with van der Waals surface area (Å²) in [5.41, 5.74) is 2.22. The molecule has 0 bridgehead atoms. The number of carboxylic acids is 1. The summed E-state index contributed by atoms with van der Waals surface area (Å²) >= 11 is 0. The normalized spacial score (nSPS) is 13.0. The number of aliphatic carboxylic acids is 1. The van der Waals surface area contributed by atoms with E-state index in [1.165, 1.54) is 0 Å². The van der Waals surface area contributed by atoms with Crippen molar-refractivity contribution < 1.29 is 14.6 Å². The maximum Gasteiger partial charge on any atom is 0.303 e. The summed E-state index contributed by atoms with van der Waals surface area (Å²) in [6, 6.07) is 6.14. The zero-order valence-electron chi connectivity index (χ0n) is 13.9. The fraction of sp³-hybridized carbons (Fsp3) is 0.611. The van der Waals surface area contributed by atoms with Gasteiger partial charge in [-0.2, -0.15) is 0 Å². The van der Waals surface area contributed by atoms with Crippen molar-refractivity contribution >= 4 is 5.97 Å². The van der Waals surface area contributed by atoms with Gasteiger partial charge >= 0.3 is 5.97 Å². The first-order valence-corrected chi connectivity index (χ1v) is 7.78. The lowest BCUT2D eigenvalue weighted by Gasteiger charge is -2.25. The van der Waals surface area contributed by atoms with Crippen LogP contribution in [0.3, 0.4) is 0 Å². The molecule has 0 saturated heterocycles. The highest BCUT2D eigenvalue weighted by atomic mass is 16.5. The Labute approximate surface area is 128 Å². The van der Waals surface area contributed by atoms with E-state index in [1.54, 1.807) is 0 Å². The summed E-state index contributed by atoms with van der Waals surface area (Å²) in [6.45, 7) is 11.2. The minimum absolute atomic E-state index is 0.0273. The number of hydrogen-bond donors (Lipinski definition) is 1. The molecule has 1 unspecified atom stereocenters. The van der Waals surface area contributed by atoms with E-state index in [0.29, 0.717) is 6.61 Å². The minimum Gasteiger partial charge on any atom is -0.494 e. The summed E-state index contributed by atoms with van der Waals surface area (Å²) in [7, 11) is 0. The lowest BCUT2D eigenvalue weighted by molar-refractivity contribution is -0.137. The predicted molar refractivity (Wildman–Crippen MR) is 86.2 cm³/mol. The van der Waals surface area contributed by atoms with Crippen molar-refractivity contribution in [1.82, 2.24) is 0 Å². The molecule has 1 aromatic rings. The molecule has 1 atom stereocenters. The first kappa shape index (κ1) is 17.5. The van der Waals surface area contributed by atoms with E-state index in [2.05, 4.69) is 33.8 Å². The smallest absolute Gasteiger partial charge is 0.303 e. The third-order valence-corrected chi connectivity index (χ3v) is 3.64. The number of benzene rings is 1. The molecule has 0 aliphatic rings. The molecule has 3 heteroatoms. The molecule has 118 valence electrons. The Hall–Kier alpha value is -1.51. The van der Waals surface area contributed by atoms with Crippen molar-refractivity contribution in [2.45, 2.75) is 65.2 Å². The highest BCUT2D eigenvalue weighted by molar-refractivity contribution is 5.68. The molecule has 1 N–H and O–H groups in total. The van der Waals surface area contributed by atoms with Gasteiger partial charge in [-0.3, -0.25) is 4.79 Å². The van der Waals surface area contributed by atoms with Crippen LogP contribution in [0.1, 0.15) is 70.9 Å². The molecule has 0 aliphatic heterocycles. The topological polar surface area (TPSA) is 46.5 Å². The first-order valence-electron chi connectivity index (χ1n) is 7.78. The molecule has 0 spiro atoms. The molecule has 1 rings (SSSR count). The zero-order chi connectivity index (χ0) is 16.0. The van der Waals surface area contributed by atoms with Crippen molar-refractivity contribution in [2.75, 3.05) is 6.61 Å². The molecule has 0 heterocycles. The fourth-order valence-electron chi connectivity index (χ4n) is 2.61. The van der Waals surface area contributed by atoms with Crippen molar-refractivity contribution in [2.24, 2.45) is 0 Å². The van der Waals surface area contributed by atoms with Gasteiger partial charge in [-0.05, 0) is 41.9 Å². The van der Waals surface area contributed by atoms with Gasteiger partial charge in [0.15, 0.2) is 0 Å². The van der Waals surface area contributed by atoms with Crippen LogP contribution in [0.25, 0.3) is 0 Å². The van der Waals surface area contributed by atoms with Crippen LogP contribution in [0.15, 0.2) is 18.2 Å². The van der Waals surface area contributed by atoms with Crippen molar-refractivity contribution in [1.29, 1.82) is 0 Å². The highest BCUT2D eigenvalue weighted by Crippen LogP contribution is 2.35. The molecule has 0 fully saturated rings. The SMILES string of the molecule is CCCC(CC(=O)O)c1ccc(OCC)c(C(C)(C)C)c1. The van der Waals surface area contributed by atoms with Gasteiger partial charge in [-0.1, -0.05) is 46.2 Å². The Bertz CT molecular complexity index is 472. The van der Waals surface area contributed by atoms with Gasteiger partial charge in [0.25, 0.3) is 0 Å². The van der Waals surface area contributed by atoms with Crippen molar-refractivity contribution in [3.8, 4) is 5.75 Å². The van der Waals surface area contributed by atoms with E-state index in [9.17, 15) is 4.79 Å². The van der Waals surface area contributed by atoms with E-state index in [4.69, 9.17) is 9.84 Å². The van der Waals surface area contributed by atoms with E-state index < -0.39 is 5.97 Å². The molecule has 0 aromatic heterocycles. The number of carbonyl (C=O) groups is 1. The van der Waals surface area contributed by atoms with Gasteiger partial charge in [-0.25, -0.2) is 0 Å². The zero-order valence-corrected chi connectivity index (χ0v) is 13.9. The second-order valence-electron chi connectivity index (χ2n) is 6.52. The van der Waals surface area contributed by atoms with Crippen LogP contribution < -0.4 is 4.74 Å². The molecule has 0 radical (unpaired) electrons. The Morgan fingerprint density at radius 2 is 1.95 bits per heavy atom. The van der Waals surface area contributed by atoms with Crippen LogP contribution in [-0.2, 0) is 10.2 Å². The van der Waals surface area contributed by atoms with Gasteiger partial charge in [0.1, 0.15) is 5.75 Å². The molecule has 0 amide bonds. The fourth-order valence-corrected chi connectivity index (χ4v) is 2.61. The average molecular weight is 292 g/mol. The number of rotatable bonds is 7. The molecule has 1 aromatic carbocycles. The second-order valence-corrected chi connectivity index (χ2v) is 6.52. The third-order valence-electron chi connectivity index (χ3n) is 3.64. The Balaban J connectivity index is 3.21.